The first-order valence-corrected chi connectivity index (χ1v) is 8.47. The fraction of sp³-hybridized carbons (Fsp3) is 0. The number of thioether (sulfide) groups is 1. The maximum atomic E-state index is 12.1. The average molecular weight is 384 g/mol. The average Bonchev–Trinajstić information content (AvgIpc) is 2.84. The van der Waals surface area contributed by atoms with Crippen LogP contribution in [-0.2, 0) is 4.79 Å². The summed E-state index contributed by atoms with van der Waals surface area (Å²) in [5.41, 5.74) is 1.32. The Morgan fingerprint density at radius 2 is 1.83 bits per heavy atom. The fourth-order valence-corrected chi connectivity index (χ4v) is 3.36. The Labute approximate surface area is 152 Å². The molecule has 0 aromatic heterocycles. The van der Waals surface area contributed by atoms with E-state index < -0.39 is 0 Å². The van der Waals surface area contributed by atoms with E-state index in [9.17, 15) is 4.79 Å². The summed E-state index contributed by atoms with van der Waals surface area (Å²) in [5, 5.41) is 4.69. The molecule has 1 saturated heterocycles. The van der Waals surface area contributed by atoms with Crippen LogP contribution in [0.4, 0.5) is 5.69 Å². The second-order valence-corrected chi connectivity index (χ2v) is 6.88. The minimum absolute atomic E-state index is 0.223. The number of amides is 1. The molecule has 1 amide bonds. The highest BCUT2D eigenvalue weighted by atomic mass is 35.5. The molecule has 0 saturated carbocycles. The van der Waals surface area contributed by atoms with Gasteiger partial charge >= 0.3 is 0 Å². The maximum Gasteiger partial charge on any atom is 0.264 e. The number of hydrogen-bond donors (Lipinski definition) is 1. The van der Waals surface area contributed by atoms with E-state index in [1.807, 2.05) is 18.2 Å². The van der Waals surface area contributed by atoms with Crippen molar-refractivity contribution >= 4 is 69.4 Å². The number of halogens is 3. The smallest absolute Gasteiger partial charge is 0.264 e. The molecular formula is C16H9Cl3N2OS. The molecule has 2 aromatic rings. The van der Waals surface area contributed by atoms with Crippen LogP contribution in [-0.4, -0.2) is 11.1 Å². The summed E-state index contributed by atoms with van der Waals surface area (Å²) >= 11 is 19.3. The highest BCUT2D eigenvalue weighted by molar-refractivity contribution is 8.18. The largest absolute Gasteiger partial charge is 0.300 e. The minimum atomic E-state index is -0.223. The van der Waals surface area contributed by atoms with Crippen molar-refractivity contribution in [3.8, 4) is 0 Å². The molecule has 0 radical (unpaired) electrons. The van der Waals surface area contributed by atoms with Crippen LogP contribution in [0.15, 0.2) is 52.4 Å². The molecular weight excluding hydrogens is 375 g/mol. The predicted molar refractivity (Wildman–Crippen MR) is 98.7 cm³/mol. The number of rotatable bonds is 2. The van der Waals surface area contributed by atoms with Gasteiger partial charge in [0, 0.05) is 10.0 Å². The Balaban J connectivity index is 1.88. The van der Waals surface area contributed by atoms with Crippen molar-refractivity contribution in [1.29, 1.82) is 0 Å². The number of aliphatic imine (C=N–C) groups is 1. The maximum absolute atomic E-state index is 12.1. The van der Waals surface area contributed by atoms with Crippen molar-refractivity contribution in [1.82, 2.24) is 5.32 Å². The third kappa shape index (κ3) is 3.90. The third-order valence-corrected chi connectivity index (χ3v) is 4.77. The first-order valence-electron chi connectivity index (χ1n) is 6.52. The van der Waals surface area contributed by atoms with Crippen LogP contribution in [0.3, 0.4) is 0 Å². The highest BCUT2D eigenvalue weighted by Gasteiger charge is 2.24. The number of hydrogen-bond acceptors (Lipinski definition) is 3. The molecule has 0 atom stereocenters. The lowest BCUT2D eigenvalue weighted by Crippen LogP contribution is -2.19. The third-order valence-electron chi connectivity index (χ3n) is 2.97. The molecule has 116 valence electrons. The lowest BCUT2D eigenvalue weighted by molar-refractivity contribution is -0.115. The van der Waals surface area contributed by atoms with Gasteiger partial charge in [-0.1, -0.05) is 53.0 Å². The van der Waals surface area contributed by atoms with Crippen molar-refractivity contribution in [2.75, 3.05) is 0 Å². The summed E-state index contributed by atoms with van der Waals surface area (Å²) in [6.07, 6.45) is 1.73. The summed E-state index contributed by atoms with van der Waals surface area (Å²) in [6, 6.07) is 12.3. The quantitative estimate of drug-likeness (QED) is 0.692. The Bertz CT molecular complexity index is 849. The summed E-state index contributed by atoms with van der Waals surface area (Å²) < 4.78 is 0. The molecule has 0 aliphatic carbocycles. The van der Waals surface area contributed by atoms with Gasteiger partial charge in [0.2, 0.25) is 0 Å². The molecule has 3 rings (SSSR count). The van der Waals surface area contributed by atoms with Crippen molar-refractivity contribution in [2.24, 2.45) is 4.99 Å². The van der Waals surface area contributed by atoms with E-state index in [0.29, 0.717) is 30.8 Å². The van der Waals surface area contributed by atoms with E-state index in [1.54, 1.807) is 30.3 Å². The van der Waals surface area contributed by atoms with Gasteiger partial charge in [0.25, 0.3) is 5.91 Å². The van der Waals surface area contributed by atoms with Crippen molar-refractivity contribution < 1.29 is 4.79 Å². The van der Waals surface area contributed by atoms with E-state index in [0.717, 1.165) is 5.56 Å². The molecule has 2 aromatic carbocycles. The van der Waals surface area contributed by atoms with Gasteiger partial charge in [-0.3, -0.25) is 4.79 Å². The molecule has 1 fully saturated rings. The summed E-state index contributed by atoms with van der Waals surface area (Å²) in [6.45, 7) is 0. The first kappa shape index (κ1) is 16.4. The van der Waals surface area contributed by atoms with Crippen LogP contribution in [0.1, 0.15) is 5.56 Å². The van der Waals surface area contributed by atoms with E-state index in [1.165, 1.54) is 11.8 Å². The molecule has 0 unspecified atom stereocenters. The molecule has 0 spiro atoms. The van der Waals surface area contributed by atoms with Crippen LogP contribution >= 0.6 is 46.6 Å². The zero-order valence-electron chi connectivity index (χ0n) is 11.5. The van der Waals surface area contributed by atoms with E-state index in [-0.39, 0.29) is 5.91 Å². The van der Waals surface area contributed by atoms with E-state index in [2.05, 4.69) is 10.3 Å². The monoisotopic (exact) mass is 382 g/mol. The molecule has 1 aliphatic rings. The number of nitrogens with zero attached hydrogens (tertiary/aromatic N) is 1. The van der Waals surface area contributed by atoms with Crippen LogP contribution in [0.25, 0.3) is 6.08 Å². The molecule has 3 nitrogen and oxygen atoms in total. The van der Waals surface area contributed by atoms with E-state index in [4.69, 9.17) is 34.8 Å². The van der Waals surface area contributed by atoms with Crippen LogP contribution in [0.2, 0.25) is 15.1 Å². The second-order valence-electron chi connectivity index (χ2n) is 4.60. The standard InChI is InChI=1S/C16H9Cl3N2OS/c17-10-5-6-13(12(19)8-10)20-16-21-15(22)14(23-16)7-9-3-1-2-4-11(9)18/h1-8H,(H,20,21,22)/b14-7-. The summed E-state index contributed by atoms with van der Waals surface area (Å²) in [5.74, 6) is -0.223. The lowest BCUT2D eigenvalue weighted by Gasteiger charge is -2.00. The Morgan fingerprint density at radius 1 is 1.04 bits per heavy atom. The number of amidine groups is 1. The first-order chi connectivity index (χ1) is 11.0. The second kappa shape index (κ2) is 6.97. The van der Waals surface area contributed by atoms with Gasteiger partial charge in [0.05, 0.1) is 15.6 Å². The Morgan fingerprint density at radius 3 is 2.57 bits per heavy atom. The molecule has 7 heteroatoms. The van der Waals surface area contributed by atoms with Crippen molar-refractivity contribution in [2.45, 2.75) is 0 Å². The summed E-state index contributed by atoms with van der Waals surface area (Å²) in [4.78, 5) is 16.9. The Kier molecular flexibility index (Phi) is 4.97. The molecule has 1 aliphatic heterocycles. The lowest BCUT2D eigenvalue weighted by atomic mass is 10.2. The van der Waals surface area contributed by atoms with Crippen molar-refractivity contribution in [3.05, 3.63) is 68.0 Å². The van der Waals surface area contributed by atoms with Gasteiger partial charge in [0.1, 0.15) is 0 Å². The minimum Gasteiger partial charge on any atom is -0.300 e. The molecule has 23 heavy (non-hydrogen) atoms. The fourth-order valence-electron chi connectivity index (χ4n) is 1.90. The number of carbonyl (C=O) groups is 1. The zero-order valence-corrected chi connectivity index (χ0v) is 14.6. The van der Waals surface area contributed by atoms with Crippen molar-refractivity contribution in [3.63, 3.8) is 0 Å². The molecule has 0 bridgehead atoms. The van der Waals surface area contributed by atoms with Gasteiger partial charge in [0.15, 0.2) is 5.17 Å². The van der Waals surface area contributed by atoms with Crippen LogP contribution < -0.4 is 5.32 Å². The molecule has 1 N–H and O–H groups in total. The van der Waals surface area contributed by atoms with Crippen LogP contribution in [0.5, 0.6) is 0 Å². The van der Waals surface area contributed by atoms with E-state index >= 15 is 0 Å². The zero-order chi connectivity index (χ0) is 16.4. The highest BCUT2D eigenvalue weighted by Crippen LogP contribution is 2.33. The number of benzene rings is 2. The predicted octanol–water partition coefficient (Wildman–Crippen LogP) is 5.54. The number of carbonyl (C=O) groups excluding carboxylic acids is 1. The van der Waals surface area contributed by atoms with Gasteiger partial charge in [-0.2, -0.15) is 0 Å². The van der Waals surface area contributed by atoms with Gasteiger partial charge in [-0.05, 0) is 47.7 Å². The Hall–Kier alpha value is -1.46. The van der Waals surface area contributed by atoms with Gasteiger partial charge in [-0.25, -0.2) is 4.99 Å². The normalized spacial score (nSPS) is 17.8. The molecule has 1 heterocycles. The topological polar surface area (TPSA) is 41.5 Å². The van der Waals surface area contributed by atoms with Crippen LogP contribution in [0, 0.1) is 0 Å². The summed E-state index contributed by atoms with van der Waals surface area (Å²) in [7, 11) is 0. The van der Waals surface area contributed by atoms with Gasteiger partial charge in [-0.15, -0.1) is 0 Å². The van der Waals surface area contributed by atoms with Gasteiger partial charge < -0.3 is 5.32 Å². The number of nitrogens with one attached hydrogen (secondary N) is 1. The SMILES string of the molecule is O=C1NC(=Nc2ccc(Cl)cc2Cl)S/C1=C\c1ccccc1Cl.